The minimum atomic E-state index is -0.450. The Hall–Kier alpha value is -2.80. The number of ether oxygens (including phenoxy) is 3. The van der Waals surface area contributed by atoms with Crippen molar-refractivity contribution < 1.29 is 23.8 Å². The van der Waals surface area contributed by atoms with Gasteiger partial charge in [-0.2, -0.15) is 0 Å². The Kier molecular flexibility index (Phi) is 7.43. The zero-order valence-corrected chi connectivity index (χ0v) is 16.8. The summed E-state index contributed by atoms with van der Waals surface area (Å²) in [5, 5.41) is 2.78. The maximum absolute atomic E-state index is 12.1. The van der Waals surface area contributed by atoms with E-state index in [0.717, 1.165) is 15.6 Å². The van der Waals surface area contributed by atoms with Crippen molar-refractivity contribution in [1.29, 1.82) is 0 Å². The second kappa shape index (κ2) is 9.78. The van der Waals surface area contributed by atoms with Crippen LogP contribution in [0.3, 0.4) is 0 Å². The number of esters is 1. The van der Waals surface area contributed by atoms with E-state index in [0.29, 0.717) is 17.2 Å². The molecule has 0 unspecified atom stereocenters. The molecule has 2 rings (SSSR count). The van der Waals surface area contributed by atoms with Gasteiger partial charge in [0.15, 0.2) is 18.1 Å². The highest BCUT2D eigenvalue weighted by Crippen LogP contribution is 2.28. The molecule has 1 amide bonds. The maximum Gasteiger partial charge on any atom is 0.330 e. The van der Waals surface area contributed by atoms with E-state index >= 15 is 0 Å². The Balaban J connectivity index is 1.99. The monoisotopic (exact) mass is 433 g/mol. The molecule has 1 N–H and O–H groups in total. The van der Waals surface area contributed by atoms with Gasteiger partial charge in [-0.25, -0.2) is 4.79 Å². The van der Waals surface area contributed by atoms with Crippen LogP contribution in [0.4, 0.5) is 5.69 Å². The number of halogens is 1. The van der Waals surface area contributed by atoms with Crippen LogP contribution < -0.4 is 14.8 Å². The Morgan fingerprint density at radius 3 is 2.56 bits per heavy atom. The van der Waals surface area contributed by atoms with Gasteiger partial charge >= 0.3 is 5.97 Å². The third-order valence-corrected chi connectivity index (χ3v) is 4.49. The van der Waals surface area contributed by atoms with Crippen LogP contribution in [0.25, 0.3) is 6.08 Å². The van der Waals surface area contributed by atoms with E-state index in [1.165, 1.54) is 20.3 Å². The highest BCUT2D eigenvalue weighted by Gasteiger charge is 2.09. The molecule has 27 heavy (non-hydrogen) atoms. The topological polar surface area (TPSA) is 73.9 Å². The highest BCUT2D eigenvalue weighted by atomic mass is 79.9. The second-order valence-electron chi connectivity index (χ2n) is 5.57. The fourth-order valence-corrected chi connectivity index (χ4v) is 2.45. The molecule has 0 aromatic heterocycles. The van der Waals surface area contributed by atoms with Crippen LogP contribution >= 0.6 is 15.9 Å². The molecule has 7 heteroatoms. The molecular weight excluding hydrogens is 414 g/mol. The lowest BCUT2D eigenvalue weighted by Gasteiger charge is -2.12. The summed E-state index contributed by atoms with van der Waals surface area (Å²) in [5.41, 5.74) is 2.45. The summed E-state index contributed by atoms with van der Waals surface area (Å²) in [6.45, 7) is 1.78. The van der Waals surface area contributed by atoms with Crippen molar-refractivity contribution in [1.82, 2.24) is 0 Å². The molecule has 2 aromatic carbocycles. The molecule has 0 bridgehead atoms. The van der Waals surface area contributed by atoms with Crippen LogP contribution in [0.1, 0.15) is 11.1 Å². The van der Waals surface area contributed by atoms with Gasteiger partial charge in [-0.15, -0.1) is 0 Å². The smallest absolute Gasteiger partial charge is 0.330 e. The first-order valence-electron chi connectivity index (χ1n) is 8.06. The van der Waals surface area contributed by atoms with E-state index in [4.69, 9.17) is 9.47 Å². The number of hydrogen-bond donors (Lipinski definition) is 1. The number of methoxy groups -OCH3 is 2. The Morgan fingerprint density at radius 2 is 1.89 bits per heavy atom. The molecule has 0 heterocycles. The molecule has 0 spiro atoms. The number of hydrogen-bond acceptors (Lipinski definition) is 5. The molecular formula is C20H20BrNO5. The molecule has 0 saturated carbocycles. The summed E-state index contributed by atoms with van der Waals surface area (Å²) in [6, 6.07) is 10.7. The summed E-state index contributed by atoms with van der Waals surface area (Å²) in [4.78, 5) is 23.3. The number of rotatable bonds is 7. The first kappa shape index (κ1) is 20.5. The number of anilines is 1. The predicted octanol–water partition coefficient (Wildman–Crippen LogP) is 3.97. The third-order valence-electron chi connectivity index (χ3n) is 3.60. The molecule has 0 aliphatic carbocycles. The lowest BCUT2D eigenvalue weighted by molar-refractivity contribution is -0.134. The predicted molar refractivity (Wildman–Crippen MR) is 107 cm³/mol. The van der Waals surface area contributed by atoms with Crippen LogP contribution in [0.5, 0.6) is 11.5 Å². The average molecular weight is 434 g/mol. The number of nitrogens with one attached hydrogen (secondary N) is 1. The zero-order chi connectivity index (χ0) is 19.8. The number of amides is 1. The van der Waals surface area contributed by atoms with Gasteiger partial charge in [0.25, 0.3) is 5.91 Å². The first-order valence-corrected chi connectivity index (χ1v) is 8.85. The highest BCUT2D eigenvalue weighted by molar-refractivity contribution is 9.10. The van der Waals surface area contributed by atoms with Crippen LogP contribution in [0.2, 0.25) is 0 Å². The van der Waals surface area contributed by atoms with Gasteiger partial charge < -0.3 is 19.5 Å². The van der Waals surface area contributed by atoms with Gasteiger partial charge in [0.1, 0.15) is 0 Å². The molecule has 6 nitrogen and oxygen atoms in total. The van der Waals surface area contributed by atoms with Crippen molar-refractivity contribution in [2.45, 2.75) is 6.92 Å². The van der Waals surface area contributed by atoms with Crippen LogP contribution in [-0.2, 0) is 14.3 Å². The molecule has 0 atom stereocenters. The number of carbonyl (C=O) groups is 2. The normalized spacial score (nSPS) is 10.5. The molecule has 0 saturated heterocycles. The molecule has 0 aliphatic rings. The number of aryl methyl sites for hydroxylation is 1. The summed E-state index contributed by atoms with van der Waals surface area (Å²) in [5.74, 6) is 0.145. The summed E-state index contributed by atoms with van der Waals surface area (Å²) in [7, 11) is 2.81. The van der Waals surface area contributed by atoms with Gasteiger partial charge in [0.2, 0.25) is 0 Å². The lowest BCUT2D eigenvalue weighted by atomic mass is 10.2. The van der Waals surface area contributed by atoms with E-state index < -0.39 is 5.97 Å². The van der Waals surface area contributed by atoms with E-state index in [2.05, 4.69) is 26.0 Å². The van der Waals surface area contributed by atoms with Gasteiger partial charge in [-0.1, -0.05) is 22.0 Å². The standard InChI is InChI=1S/C20H20BrNO5/c1-13-10-15(6-7-16(13)21)22-19(23)12-27-17-8-4-14(11-18(17)25-2)5-9-20(24)26-3/h4-11H,12H2,1-3H3,(H,22,23)/b9-5+. The average Bonchev–Trinajstić information content (AvgIpc) is 2.67. The minimum absolute atomic E-state index is 0.164. The van der Waals surface area contributed by atoms with Crippen molar-refractivity contribution >= 4 is 39.6 Å². The van der Waals surface area contributed by atoms with Gasteiger partial charge in [0, 0.05) is 16.2 Å². The van der Waals surface area contributed by atoms with Gasteiger partial charge in [-0.3, -0.25) is 4.79 Å². The molecule has 0 fully saturated rings. The lowest BCUT2D eigenvalue weighted by Crippen LogP contribution is -2.20. The van der Waals surface area contributed by atoms with Crippen LogP contribution in [0.15, 0.2) is 46.9 Å². The summed E-state index contributed by atoms with van der Waals surface area (Å²) >= 11 is 3.42. The Bertz CT molecular complexity index is 863. The summed E-state index contributed by atoms with van der Waals surface area (Å²) < 4.78 is 16.4. The Labute approximate surface area is 166 Å². The zero-order valence-electron chi connectivity index (χ0n) is 15.2. The third kappa shape index (κ3) is 6.14. The van der Waals surface area contributed by atoms with Crippen molar-refractivity contribution in [2.24, 2.45) is 0 Å². The molecule has 0 aliphatic heterocycles. The maximum atomic E-state index is 12.1. The largest absolute Gasteiger partial charge is 0.493 e. The van der Waals surface area contributed by atoms with Crippen molar-refractivity contribution in [3.8, 4) is 11.5 Å². The number of benzene rings is 2. The van der Waals surface area contributed by atoms with Crippen molar-refractivity contribution in [3.63, 3.8) is 0 Å². The minimum Gasteiger partial charge on any atom is -0.493 e. The SMILES string of the molecule is COC(=O)/C=C/c1ccc(OCC(=O)Nc2ccc(Br)c(C)c2)c(OC)c1. The first-order chi connectivity index (χ1) is 12.9. The number of carbonyl (C=O) groups excluding carboxylic acids is 2. The van der Waals surface area contributed by atoms with E-state index in [1.54, 1.807) is 30.3 Å². The van der Waals surface area contributed by atoms with Gasteiger partial charge in [0.05, 0.1) is 14.2 Å². The van der Waals surface area contributed by atoms with E-state index in [-0.39, 0.29) is 12.5 Å². The fraction of sp³-hybridized carbons (Fsp3) is 0.200. The van der Waals surface area contributed by atoms with Crippen molar-refractivity contribution in [3.05, 3.63) is 58.1 Å². The van der Waals surface area contributed by atoms with Crippen molar-refractivity contribution in [2.75, 3.05) is 26.1 Å². The molecule has 2 aromatic rings. The Morgan fingerprint density at radius 1 is 1.11 bits per heavy atom. The van der Waals surface area contributed by atoms with Gasteiger partial charge in [-0.05, 0) is 54.5 Å². The van der Waals surface area contributed by atoms with E-state index in [1.807, 2.05) is 19.1 Å². The molecule has 142 valence electrons. The fourth-order valence-electron chi connectivity index (χ4n) is 2.20. The second-order valence-corrected chi connectivity index (χ2v) is 6.42. The molecule has 0 radical (unpaired) electrons. The van der Waals surface area contributed by atoms with E-state index in [9.17, 15) is 9.59 Å². The van der Waals surface area contributed by atoms with Crippen LogP contribution in [-0.4, -0.2) is 32.7 Å². The quantitative estimate of drug-likeness (QED) is 0.528. The van der Waals surface area contributed by atoms with Crippen LogP contribution in [0, 0.1) is 6.92 Å². The summed E-state index contributed by atoms with van der Waals surface area (Å²) in [6.07, 6.45) is 2.91.